The van der Waals surface area contributed by atoms with Crippen molar-refractivity contribution in [2.75, 3.05) is 0 Å². The summed E-state index contributed by atoms with van der Waals surface area (Å²) >= 11 is 0. The van der Waals surface area contributed by atoms with Crippen LogP contribution >= 0.6 is 0 Å². The van der Waals surface area contributed by atoms with E-state index in [-0.39, 0.29) is 40.3 Å². The van der Waals surface area contributed by atoms with Gasteiger partial charge in [0.2, 0.25) is 0 Å². The molecule has 0 spiro atoms. The number of rotatable bonds is 8. The van der Waals surface area contributed by atoms with Gasteiger partial charge in [-0.25, -0.2) is 4.98 Å². The van der Waals surface area contributed by atoms with Crippen LogP contribution in [0.25, 0.3) is 72.7 Å². The Labute approximate surface area is 350 Å². The summed E-state index contributed by atoms with van der Waals surface area (Å²) in [6, 6.07) is 31.7. The largest absolute Gasteiger partial charge is 0.507 e. The van der Waals surface area contributed by atoms with E-state index < -0.39 is 30.9 Å². The van der Waals surface area contributed by atoms with Crippen LogP contribution in [0.4, 0.5) is 0 Å². The lowest BCUT2D eigenvalue weighted by Gasteiger charge is -2.22. The van der Waals surface area contributed by atoms with E-state index in [1.165, 1.54) is 0 Å². The Balaban J connectivity index is 1.37. The molecule has 8 rings (SSSR count). The van der Waals surface area contributed by atoms with Gasteiger partial charge in [-0.15, -0.1) is 0 Å². The Kier molecular flexibility index (Phi) is 7.42. The molecule has 1 N–H and O–H groups in total. The number of aryl methyl sites for hydroxylation is 1. The normalized spacial score (nSPS) is 14.6. The zero-order valence-electron chi connectivity index (χ0n) is 42.3. The van der Waals surface area contributed by atoms with Gasteiger partial charge < -0.3 is 5.11 Å². The third-order valence-corrected chi connectivity index (χ3v) is 10.6. The van der Waals surface area contributed by atoms with Gasteiger partial charge >= 0.3 is 0 Å². The number of phenolic OH excluding ortho intramolecular Hbond substituents is 1. The van der Waals surface area contributed by atoms with E-state index in [1.807, 2.05) is 66.9 Å². The smallest absolute Gasteiger partial charge is 0.149 e. The van der Waals surface area contributed by atoms with Crippen molar-refractivity contribution in [3.05, 3.63) is 168 Å². The van der Waals surface area contributed by atoms with E-state index in [4.69, 9.17) is 22.3 Å². The quantitative estimate of drug-likeness (QED) is 0.168. The molecule has 2 aromatic heterocycles. The van der Waals surface area contributed by atoms with E-state index >= 15 is 0 Å². The van der Waals surface area contributed by atoms with Crippen molar-refractivity contribution in [2.45, 2.75) is 72.5 Å². The number of aromatic hydroxyl groups is 1. The lowest BCUT2D eigenvalue weighted by Crippen LogP contribution is -2.11. The molecule has 0 aliphatic heterocycles. The number of pyridine rings is 1. The molecular weight excluding hydrogens is 695 g/mol. The van der Waals surface area contributed by atoms with E-state index in [1.54, 1.807) is 54.7 Å². The fourth-order valence-electron chi connectivity index (χ4n) is 7.27. The number of hydrogen-bond donors (Lipinski definition) is 1. The van der Waals surface area contributed by atoms with Crippen LogP contribution < -0.4 is 0 Å². The predicted molar refractivity (Wildman–Crippen MR) is 239 cm³/mol. The Morgan fingerprint density at radius 1 is 0.684 bits per heavy atom. The van der Waals surface area contributed by atoms with Gasteiger partial charge in [0.05, 0.1) is 34.8 Å². The maximum atomic E-state index is 11.4. The third-order valence-electron chi connectivity index (χ3n) is 10.6. The molecule has 0 amide bonds. The van der Waals surface area contributed by atoms with Gasteiger partial charge in [0.15, 0.2) is 0 Å². The number of imidazole rings is 1. The molecule has 4 heteroatoms. The number of aromatic nitrogens is 3. The molecular formula is C53H51N3O. The second-order valence-electron chi connectivity index (χ2n) is 16.2. The van der Waals surface area contributed by atoms with Crippen molar-refractivity contribution < 1.29 is 17.4 Å². The maximum Gasteiger partial charge on any atom is 0.149 e. The zero-order valence-corrected chi connectivity index (χ0v) is 33.3. The van der Waals surface area contributed by atoms with E-state index in [9.17, 15) is 5.11 Å². The zero-order chi connectivity index (χ0) is 47.8. The van der Waals surface area contributed by atoms with Crippen LogP contribution in [0.5, 0.6) is 5.75 Å². The summed E-state index contributed by atoms with van der Waals surface area (Å²) in [7, 11) is 0. The van der Waals surface area contributed by atoms with Crippen molar-refractivity contribution in [3.63, 3.8) is 0 Å². The molecule has 2 heterocycles. The molecule has 0 saturated heterocycles. The Bertz CT molecular complexity index is 3180. The van der Waals surface area contributed by atoms with Crippen LogP contribution in [0.1, 0.15) is 94.9 Å². The maximum absolute atomic E-state index is 11.4. The highest BCUT2D eigenvalue weighted by Crippen LogP contribution is 2.41. The summed E-state index contributed by atoms with van der Waals surface area (Å²) in [5.74, 6) is -0.387. The van der Waals surface area contributed by atoms with Gasteiger partial charge in [0, 0.05) is 22.8 Å². The highest BCUT2D eigenvalue weighted by Gasteiger charge is 2.23. The molecule has 0 bridgehead atoms. The second kappa shape index (κ2) is 15.0. The van der Waals surface area contributed by atoms with Gasteiger partial charge in [0.25, 0.3) is 0 Å². The van der Waals surface area contributed by atoms with Crippen molar-refractivity contribution in [2.24, 2.45) is 0 Å². The van der Waals surface area contributed by atoms with Crippen LogP contribution in [-0.2, 0) is 5.41 Å². The Hall–Kier alpha value is -6.26. The van der Waals surface area contributed by atoms with Crippen LogP contribution in [0.15, 0.2) is 146 Å². The van der Waals surface area contributed by atoms with E-state index in [2.05, 4.69) is 46.8 Å². The summed E-state index contributed by atoms with van der Waals surface area (Å²) in [6.45, 7) is 11.6. The molecule has 0 radical (unpaired) electrons. The Morgan fingerprint density at radius 3 is 2.16 bits per heavy atom. The first kappa shape index (κ1) is 28.2. The van der Waals surface area contributed by atoms with Gasteiger partial charge in [-0.1, -0.05) is 133 Å². The number of benzene rings is 6. The first-order chi connectivity index (χ1) is 30.9. The average Bonchev–Trinajstić information content (AvgIpc) is 3.66. The molecule has 0 fully saturated rings. The molecule has 284 valence electrons. The summed E-state index contributed by atoms with van der Waals surface area (Å²) in [4.78, 5) is 9.96. The number of hydrogen-bond acceptors (Lipinski definition) is 3. The van der Waals surface area contributed by atoms with Crippen molar-refractivity contribution in [3.8, 4) is 67.5 Å². The standard InChI is InChI=1S/C53H51N3O/c1-33(2)39-26-40(34(3)4)28-41(27-39)37-21-22-48(35(5)25-37)56-49-19-14-18-45(51(49)55-52(56)46-17-12-13-20-50(46)57)42-29-43(31-44(30-42)53(6,7)8)47-32-38(23-24-54-47)36-15-10-9-11-16-36/h9-34,57H,1-8H3/i5D3,9D,10D,11D,15D,16D,33D. The number of para-hydroxylation sites is 2. The second-order valence-corrected chi connectivity index (χ2v) is 16.2. The van der Waals surface area contributed by atoms with Gasteiger partial charge in [-0.05, 0) is 129 Å². The molecule has 0 unspecified atom stereocenters. The Morgan fingerprint density at radius 2 is 1.42 bits per heavy atom. The molecule has 8 aromatic rings. The summed E-state index contributed by atoms with van der Waals surface area (Å²) in [5.41, 5.74) is 9.34. The summed E-state index contributed by atoms with van der Waals surface area (Å²) in [5, 5.41) is 11.4. The van der Waals surface area contributed by atoms with E-state index in [0.717, 1.165) is 38.9 Å². The van der Waals surface area contributed by atoms with Gasteiger partial charge in [0.1, 0.15) is 11.6 Å². The number of phenols is 1. The minimum atomic E-state index is -2.57. The van der Waals surface area contributed by atoms with Crippen LogP contribution in [-0.4, -0.2) is 19.6 Å². The van der Waals surface area contributed by atoms with Gasteiger partial charge in [-0.2, -0.15) is 0 Å². The highest BCUT2D eigenvalue weighted by molar-refractivity contribution is 5.97. The molecule has 0 atom stereocenters. The fraction of sp³-hybridized carbons (Fsp3) is 0.208. The number of fused-ring (bicyclic) bond motifs is 1. The average molecular weight is 755 g/mol. The lowest BCUT2D eigenvalue weighted by atomic mass is 9.83. The lowest BCUT2D eigenvalue weighted by molar-refractivity contribution is 0.477. The minimum absolute atomic E-state index is 0.0271. The van der Waals surface area contributed by atoms with Crippen LogP contribution in [0.2, 0.25) is 0 Å². The topological polar surface area (TPSA) is 50.9 Å². The molecule has 0 aliphatic rings. The molecule has 6 aromatic carbocycles. The molecule has 4 nitrogen and oxygen atoms in total. The van der Waals surface area contributed by atoms with Crippen molar-refractivity contribution >= 4 is 11.0 Å². The van der Waals surface area contributed by atoms with Crippen molar-refractivity contribution in [1.29, 1.82) is 0 Å². The van der Waals surface area contributed by atoms with Crippen molar-refractivity contribution in [1.82, 2.24) is 14.5 Å². The fourth-order valence-corrected chi connectivity index (χ4v) is 7.27. The molecule has 0 saturated carbocycles. The SMILES string of the molecule is [2H]c1c([2H])c([2H])c(-c2ccnc(-c3cc(-c4cccc5c4nc(-c4ccccc4O)n5-c4ccc(-c5cc(C(C)C)cc(C([2H])(C)C)c5)cc4C([2H])([2H])[2H])cc(C(C)(C)C)c3)c2)c([2H])c1[2H]. The van der Waals surface area contributed by atoms with Crippen LogP contribution in [0.3, 0.4) is 0 Å². The highest BCUT2D eigenvalue weighted by atomic mass is 16.3. The van der Waals surface area contributed by atoms with Crippen LogP contribution in [0, 0.1) is 6.85 Å². The van der Waals surface area contributed by atoms with E-state index in [0.29, 0.717) is 44.9 Å². The van der Waals surface area contributed by atoms with Gasteiger partial charge in [-0.3, -0.25) is 9.55 Å². The molecule has 0 aliphatic carbocycles. The predicted octanol–water partition coefficient (Wildman–Crippen LogP) is 14.3. The number of nitrogens with zero attached hydrogens (tertiary/aromatic N) is 3. The summed E-state index contributed by atoms with van der Waals surface area (Å²) in [6.07, 6.45) is 1.57. The first-order valence-electron chi connectivity index (χ1n) is 23.7. The first-order valence-corrected chi connectivity index (χ1v) is 19.2. The summed E-state index contributed by atoms with van der Waals surface area (Å²) < 4.78 is 79.3. The minimum Gasteiger partial charge on any atom is -0.507 e. The third kappa shape index (κ3) is 7.40. The molecule has 57 heavy (non-hydrogen) atoms. The monoisotopic (exact) mass is 754 g/mol.